The molecule has 1 aliphatic rings. The molecule has 0 saturated carbocycles. The lowest BCUT2D eigenvalue weighted by molar-refractivity contribution is 0.154. The molecule has 144 valence electrons. The minimum absolute atomic E-state index is 0.0593. The summed E-state index contributed by atoms with van der Waals surface area (Å²) in [5, 5.41) is 6.54. The number of benzene rings is 1. The molecule has 2 aromatic heterocycles. The highest BCUT2D eigenvalue weighted by Crippen LogP contribution is 2.35. The second kappa shape index (κ2) is 7.26. The summed E-state index contributed by atoms with van der Waals surface area (Å²) in [5.74, 6) is 0.777. The fraction of sp³-hybridized carbons (Fsp3) is 0.263. The first kappa shape index (κ1) is 17.9. The third-order valence-corrected chi connectivity index (χ3v) is 4.58. The molecule has 8 nitrogen and oxygen atoms in total. The van der Waals surface area contributed by atoms with Crippen molar-refractivity contribution in [2.75, 3.05) is 25.5 Å². The van der Waals surface area contributed by atoms with Crippen molar-refractivity contribution in [2.24, 2.45) is 0 Å². The predicted octanol–water partition coefficient (Wildman–Crippen LogP) is 3.24. The third kappa shape index (κ3) is 3.51. The van der Waals surface area contributed by atoms with Crippen molar-refractivity contribution < 1.29 is 18.4 Å². The lowest BCUT2D eigenvalue weighted by Crippen LogP contribution is -2.35. The summed E-state index contributed by atoms with van der Waals surface area (Å²) < 4.78 is 25.7. The van der Waals surface area contributed by atoms with E-state index in [-0.39, 0.29) is 31.2 Å². The Morgan fingerprint density at radius 3 is 2.93 bits per heavy atom. The number of rotatable bonds is 4. The summed E-state index contributed by atoms with van der Waals surface area (Å²) in [6.45, 7) is 0.0869. The van der Waals surface area contributed by atoms with E-state index >= 15 is 4.39 Å². The zero-order chi connectivity index (χ0) is 19.6. The number of carbonyl (C=O) groups excluding carboxylic acids is 1. The van der Waals surface area contributed by atoms with Crippen LogP contribution in [0.5, 0.6) is 5.75 Å². The molecule has 1 unspecified atom stereocenters. The van der Waals surface area contributed by atoms with Crippen molar-refractivity contribution >= 4 is 11.7 Å². The van der Waals surface area contributed by atoms with Crippen molar-refractivity contribution in [3.05, 3.63) is 54.6 Å². The number of amides is 2. The Hall–Kier alpha value is -3.49. The average molecular weight is 383 g/mol. The topological polar surface area (TPSA) is 93.4 Å². The molecule has 4 rings (SSSR count). The molecule has 1 aromatic carbocycles. The van der Waals surface area contributed by atoms with Gasteiger partial charge in [0.25, 0.3) is 5.89 Å². The van der Waals surface area contributed by atoms with E-state index < -0.39 is 11.7 Å². The highest BCUT2D eigenvalue weighted by atomic mass is 19.1. The van der Waals surface area contributed by atoms with Crippen molar-refractivity contribution in [2.45, 2.75) is 12.1 Å². The van der Waals surface area contributed by atoms with E-state index in [1.165, 1.54) is 4.90 Å². The van der Waals surface area contributed by atoms with Crippen LogP contribution in [0.3, 0.4) is 0 Å². The standard InChI is InChI=1S/C19H18FN5O3/c1-27-15-4-2-3-14(11-15)22-18(26)25-10-7-19(20,12-25)17-23-16(28-24-17)13-5-8-21-9-6-13/h2-6,8-9,11H,7,10,12H2,1H3,(H,22,26). The Balaban J connectivity index is 1.45. The van der Waals surface area contributed by atoms with Gasteiger partial charge in [-0.2, -0.15) is 4.98 Å². The van der Waals surface area contributed by atoms with Gasteiger partial charge in [-0.05, 0) is 24.3 Å². The molecule has 1 saturated heterocycles. The summed E-state index contributed by atoms with van der Waals surface area (Å²) in [6, 6.07) is 9.96. The van der Waals surface area contributed by atoms with E-state index in [1.807, 2.05) is 0 Å². The van der Waals surface area contributed by atoms with E-state index in [4.69, 9.17) is 9.26 Å². The Morgan fingerprint density at radius 1 is 1.32 bits per heavy atom. The van der Waals surface area contributed by atoms with Crippen LogP contribution in [-0.2, 0) is 5.67 Å². The Labute approximate surface area is 160 Å². The van der Waals surface area contributed by atoms with Gasteiger partial charge in [0, 0.05) is 42.7 Å². The van der Waals surface area contributed by atoms with E-state index in [2.05, 4.69) is 20.4 Å². The van der Waals surface area contributed by atoms with E-state index in [0.717, 1.165) is 0 Å². The fourth-order valence-corrected chi connectivity index (χ4v) is 3.05. The number of alkyl halides is 1. The van der Waals surface area contributed by atoms with Gasteiger partial charge >= 0.3 is 6.03 Å². The van der Waals surface area contributed by atoms with Gasteiger partial charge in [-0.15, -0.1) is 0 Å². The van der Waals surface area contributed by atoms with Gasteiger partial charge in [-0.25, -0.2) is 9.18 Å². The van der Waals surface area contributed by atoms with Gasteiger partial charge in [-0.3, -0.25) is 4.98 Å². The van der Waals surface area contributed by atoms with Gasteiger partial charge in [0.1, 0.15) is 5.75 Å². The normalized spacial score (nSPS) is 18.9. The van der Waals surface area contributed by atoms with Crippen molar-refractivity contribution in [1.82, 2.24) is 20.0 Å². The quantitative estimate of drug-likeness (QED) is 0.743. The number of methoxy groups -OCH3 is 1. The number of nitrogens with zero attached hydrogens (tertiary/aromatic N) is 4. The molecule has 3 aromatic rings. The number of halogens is 1. The number of nitrogens with one attached hydrogen (secondary N) is 1. The number of carbonyl (C=O) groups is 1. The van der Waals surface area contributed by atoms with Gasteiger partial charge in [0.2, 0.25) is 5.82 Å². The highest BCUT2D eigenvalue weighted by Gasteiger charge is 2.45. The molecule has 1 atom stereocenters. The number of pyridine rings is 1. The lowest BCUT2D eigenvalue weighted by atomic mass is 10.1. The Kier molecular flexibility index (Phi) is 4.64. The van der Waals surface area contributed by atoms with E-state index in [1.54, 1.807) is 55.9 Å². The second-order valence-electron chi connectivity index (χ2n) is 6.46. The molecule has 0 spiro atoms. The van der Waals surface area contributed by atoms with Crippen LogP contribution < -0.4 is 10.1 Å². The smallest absolute Gasteiger partial charge is 0.321 e. The van der Waals surface area contributed by atoms with Crippen molar-refractivity contribution in [3.63, 3.8) is 0 Å². The molecule has 9 heteroatoms. The molecule has 0 aliphatic carbocycles. The van der Waals surface area contributed by atoms with Crippen LogP contribution in [0.4, 0.5) is 14.9 Å². The molecular weight excluding hydrogens is 365 g/mol. The molecular formula is C19H18FN5O3. The zero-order valence-corrected chi connectivity index (χ0v) is 15.1. The van der Waals surface area contributed by atoms with Gasteiger partial charge in [0.05, 0.1) is 13.7 Å². The number of anilines is 1. The summed E-state index contributed by atoms with van der Waals surface area (Å²) in [6.07, 6.45) is 3.27. The SMILES string of the molecule is COc1cccc(NC(=O)N2CCC(F)(c3noc(-c4ccncc4)n3)C2)c1. The highest BCUT2D eigenvalue weighted by molar-refractivity contribution is 5.89. The predicted molar refractivity (Wildman–Crippen MR) is 98.5 cm³/mol. The van der Waals surface area contributed by atoms with Crippen LogP contribution >= 0.6 is 0 Å². The van der Waals surface area contributed by atoms with Crippen LogP contribution in [0.15, 0.2) is 53.3 Å². The molecule has 1 fully saturated rings. The van der Waals surface area contributed by atoms with Crippen molar-refractivity contribution in [1.29, 1.82) is 0 Å². The van der Waals surface area contributed by atoms with Gasteiger partial charge in [0.15, 0.2) is 5.67 Å². The summed E-state index contributed by atoms with van der Waals surface area (Å²) >= 11 is 0. The first-order valence-electron chi connectivity index (χ1n) is 8.71. The third-order valence-electron chi connectivity index (χ3n) is 4.58. The number of hydrogen-bond donors (Lipinski definition) is 1. The Bertz CT molecular complexity index is 980. The summed E-state index contributed by atoms with van der Waals surface area (Å²) in [7, 11) is 1.55. The number of ether oxygens (including phenoxy) is 1. The maximum atomic E-state index is 15.4. The lowest BCUT2D eigenvalue weighted by Gasteiger charge is -2.19. The zero-order valence-electron chi connectivity index (χ0n) is 15.1. The van der Waals surface area contributed by atoms with Crippen LogP contribution in [-0.4, -0.2) is 46.3 Å². The average Bonchev–Trinajstić information content (AvgIpc) is 3.37. The Morgan fingerprint density at radius 2 is 2.14 bits per heavy atom. The largest absolute Gasteiger partial charge is 0.497 e. The molecule has 0 radical (unpaired) electrons. The number of aromatic nitrogens is 3. The fourth-order valence-electron chi connectivity index (χ4n) is 3.05. The maximum absolute atomic E-state index is 15.4. The molecule has 28 heavy (non-hydrogen) atoms. The number of urea groups is 1. The first-order valence-corrected chi connectivity index (χ1v) is 8.71. The molecule has 2 amide bonds. The number of hydrogen-bond acceptors (Lipinski definition) is 6. The maximum Gasteiger partial charge on any atom is 0.321 e. The molecule has 3 heterocycles. The first-order chi connectivity index (χ1) is 13.6. The van der Waals surface area contributed by atoms with Crippen LogP contribution in [0.2, 0.25) is 0 Å². The minimum atomic E-state index is -1.86. The van der Waals surface area contributed by atoms with Gasteiger partial charge < -0.3 is 19.5 Å². The van der Waals surface area contributed by atoms with Crippen molar-refractivity contribution in [3.8, 4) is 17.2 Å². The molecule has 1 N–H and O–H groups in total. The summed E-state index contributed by atoms with van der Waals surface area (Å²) in [4.78, 5) is 22.0. The number of likely N-dealkylation sites (tertiary alicyclic amines) is 1. The molecule has 0 bridgehead atoms. The molecule has 1 aliphatic heterocycles. The summed E-state index contributed by atoms with van der Waals surface area (Å²) in [5.41, 5.74) is -0.635. The van der Waals surface area contributed by atoms with Crippen LogP contribution in [0.25, 0.3) is 11.5 Å². The van der Waals surface area contributed by atoms with E-state index in [0.29, 0.717) is 17.0 Å². The van der Waals surface area contributed by atoms with E-state index in [9.17, 15) is 4.79 Å². The van der Waals surface area contributed by atoms with Crippen LogP contribution in [0, 0.1) is 0 Å². The minimum Gasteiger partial charge on any atom is -0.497 e. The van der Waals surface area contributed by atoms with Gasteiger partial charge in [-0.1, -0.05) is 11.2 Å². The monoisotopic (exact) mass is 383 g/mol. The van der Waals surface area contributed by atoms with Crippen LogP contribution in [0.1, 0.15) is 12.2 Å². The second-order valence-corrected chi connectivity index (χ2v) is 6.46.